The number of pyridine rings is 1. The molecular weight excluding hydrogens is 226 g/mol. The second-order valence-electron chi connectivity index (χ2n) is 4.02. The van der Waals surface area contributed by atoms with E-state index < -0.39 is 0 Å². The summed E-state index contributed by atoms with van der Waals surface area (Å²) in [7, 11) is 0. The molecule has 2 N–H and O–H groups in total. The maximum absolute atomic E-state index is 8.74. The van der Waals surface area contributed by atoms with E-state index in [-0.39, 0.29) is 0 Å². The van der Waals surface area contributed by atoms with Gasteiger partial charge in [-0.3, -0.25) is 4.98 Å². The molecule has 18 heavy (non-hydrogen) atoms. The fourth-order valence-electron chi connectivity index (χ4n) is 1.61. The third kappa shape index (κ3) is 2.77. The van der Waals surface area contributed by atoms with E-state index >= 15 is 0 Å². The lowest BCUT2D eigenvalue weighted by molar-refractivity contribution is 0.307. The van der Waals surface area contributed by atoms with Gasteiger partial charge in [0.05, 0.1) is 17.3 Å². The van der Waals surface area contributed by atoms with Gasteiger partial charge in [-0.1, -0.05) is 0 Å². The number of anilines is 1. The highest BCUT2D eigenvalue weighted by atomic mass is 16.5. The third-order valence-electron chi connectivity index (χ3n) is 2.46. The summed E-state index contributed by atoms with van der Waals surface area (Å²) in [4.78, 5) is 4.09. The molecule has 4 heteroatoms. The zero-order valence-corrected chi connectivity index (χ0v) is 10.1. The lowest BCUT2D eigenvalue weighted by Gasteiger charge is -2.09. The van der Waals surface area contributed by atoms with Crippen molar-refractivity contribution in [2.45, 2.75) is 13.5 Å². The van der Waals surface area contributed by atoms with Crippen molar-refractivity contribution in [2.75, 3.05) is 5.73 Å². The van der Waals surface area contributed by atoms with Gasteiger partial charge in [0.15, 0.2) is 0 Å². The normalized spacial score (nSPS) is 9.78. The first-order valence-electron chi connectivity index (χ1n) is 5.52. The Morgan fingerprint density at radius 3 is 2.83 bits per heavy atom. The molecule has 0 amide bonds. The maximum atomic E-state index is 8.74. The van der Waals surface area contributed by atoms with Crippen molar-refractivity contribution in [2.24, 2.45) is 0 Å². The monoisotopic (exact) mass is 239 g/mol. The average molecular weight is 239 g/mol. The number of rotatable bonds is 3. The molecule has 0 fully saturated rings. The molecule has 0 radical (unpaired) electrons. The quantitative estimate of drug-likeness (QED) is 0.835. The topological polar surface area (TPSA) is 71.9 Å². The lowest BCUT2D eigenvalue weighted by atomic mass is 10.2. The van der Waals surface area contributed by atoms with Crippen LogP contribution >= 0.6 is 0 Å². The molecule has 1 aromatic heterocycles. The highest BCUT2D eigenvalue weighted by Gasteiger charge is 2.02. The molecule has 0 saturated carbocycles. The summed E-state index contributed by atoms with van der Waals surface area (Å²) in [6, 6.07) is 9.02. The molecule has 2 rings (SSSR count). The van der Waals surface area contributed by atoms with Crippen LogP contribution in [0.5, 0.6) is 5.75 Å². The molecule has 0 atom stereocenters. The highest BCUT2D eigenvalue weighted by molar-refractivity contribution is 5.56. The predicted molar refractivity (Wildman–Crippen MR) is 68.9 cm³/mol. The summed E-state index contributed by atoms with van der Waals surface area (Å²) < 4.78 is 5.60. The molecule has 0 saturated heterocycles. The van der Waals surface area contributed by atoms with Crippen LogP contribution in [0.1, 0.15) is 16.7 Å². The summed E-state index contributed by atoms with van der Waals surface area (Å²) >= 11 is 0. The van der Waals surface area contributed by atoms with Crippen molar-refractivity contribution in [3.8, 4) is 11.8 Å². The number of hydrogen-bond acceptors (Lipinski definition) is 4. The average Bonchev–Trinajstić information content (AvgIpc) is 2.37. The number of hydrogen-bond donors (Lipinski definition) is 1. The van der Waals surface area contributed by atoms with Crippen molar-refractivity contribution in [3.05, 3.63) is 53.3 Å². The van der Waals surface area contributed by atoms with Crippen molar-refractivity contribution in [3.63, 3.8) is 0 Å². The Labute approximate surface area is 106 Å². The molecule has 4 nitrogen and oxygen atoms in total. The zero-order chi connectivity index (χ0) is 13.0. The number of nitrogens with zero attached hydrogens (tertiary/aromatic N) is 2. The van der Waals surface area contributed by atoms with Crippen LogP contribution in [0.3, 0.4) is 0 Å². The van der Waals surface area contributed by atoms with Crippen molar-refractivity contribution >= 4 is 5.69 Å². The van der Waals surface area contributed by atoms with Gasteiger partial charge >= 0.3 is 0 Å². The van der Waals surface area contributed by atoms with E-state index in [9.17, 15) is 0 Å². The first-order valence-corrected chi connectivity index (χ1v) is 5.52. The van der Waals surface area contributed by atoms with Gasteiger partial charge in [-0.05, 0) is 36.8 Å². The Kier molecular flexibility index (Phi) is 3.44. The minimum Gasteiger partial charge on any atom is -0.487 e. The second-order valence-corrected chi connectivity index (χ2v) is 4.02. The molecule has 0 bridgehead atoms. The standard InChI is InChI=1S/C14H13N3O/c1-10-4-12(8-17-7-10)9-18-14-3-2-11(6-15)5-13(14)16/h2-5,7-8H,9,16H2,1H3. The maximum Gasteiger partial charge on any atom is 0.142 e. The molecule has 0 unspecified atom stereocenters. The van der Waals surface area contributed by atoms with Crippen molar-refractivity contribution in [1.82, 2.24) is 4.98 Å². The van der Waals surface area contributed by atoms with E-state index in [1.54, 1.807) is 30.6 Å². The largest absolute Gasteiger partial charge is 0.487 e. The van der Waals surface area contributed by atoms with E-state index in [1.165, 1.54) is 0 Å². The molecule has 90 valence electrons. The van der Waals surface area contributed by atoms with Gasteiger partial charge in [0, 0.05) is 18.0 Å². The minimum atomic E-state index is 0.408. The molecular formula is C14H13N3O. The number of nitriles is 1. The number of nitrogen functional groups attached to an aromatic ring is 1. The predicted octanol–water partition coefficient (Wildman–Crippen LogP) is 2.42. The van der Waals surface area contributed by atoms with Crippen LogP contribution in [0.4, 0.5) is 5.69 Å². The van der Waals surface area contributed by atoms with Gasteiger partial charge in [0.2, 0.25) is 0 Å². The van der Waals surface area contributed by atoms with E-state index in [4.69, 9.17) is 15.7 Å². The summed E-state index contributed by atoms with van der Waals surface area (Å²) in [6.45, 7) is 2.39. The van der Waals surface area contributed by atoms with E-state index in [0.717, 1.165) is 11.1 Å². The first-order chi connectivity index (χ1) is 8.69. The van der Waals surface area contributed by atoms with Gasteiger partial charge in [0.1, 0.15) is 12.4 Å². The SMILES string of the molecule is Cc1cncc(COc2ccc(C#N)cc2N)c1. The fourth-order valence-corrected chi connectivity index (χ4v) is 1.61. The van der Waals surface area contributed by atoms with Crippen LogP contribution in [0.2, 0.25) is 0 Å². The van der Waals surface area contributed by atoms with Gasteiger partial charge in [-0.2, -0.15) is 5.26 Å². The van der Waals surface area contributed by atoms with Crippen LogP contribution in [0, 0.1) is 18.3 Å². The molecule has 0 spiro atoms. The van der Waals surface area contributed by atoms with Crippen LogP contribution in [0.15, 0.2) is 36.7 Å². The molecule has 2 aromatic rings. The Morgan fingerprint density at radius 2 is 2.17 bits per heavy atom. The Bertz CT molecular complexity index is 602. The van der Waals surface area contributed by atoms with Crippen LogP contribution < -0.4 is 10.5 Å². The highest BCUT2D eigenvalue weighted by Crippen LogP contribution is 2.23. The van der Waals surface area contributed by atoms with Gasteiger partial charge in [0.25, 0.3) is 0 Å². The van der Waals surface area contributed by atoms with Gasteiger partial charge < -0.3 is 10.5 Å². The second kappa shape index (κ2) is 5.19. The number of ether oxygens (including phenoxy) is 1. The number of nitrogens with two attached hydrogens (primary N) is 1. The van der Waals surface area contributed by atoms with Crippen LogP contribution in [-0.2, 0) is 6.61 Å². The van der Waals surface area contributed by atoms with E-state index in [2.05, 4.69) is 4.98 Å². The van der Waals surface area contributed by atoms with E-state index in [1.807, 2.05) is 19.1 Å². The Hall–Kier alpha value is -2.54. The zero-order valence-electron chi connectivity index (χ0n) is 10.1. The Morgan fingerprint density at radius 1 is 1.33 bits per heavy atom. The third-order valence-corrected chi connectivity index (χ3v) is 2.46. The molecule has 1 heterocycles. The van der Waals surface area contributed by atoms with E-state index in [0.29, 0.717) is 23.6 Å². The minimum absolute atomic E-state index is 0.408. The fraction of sp³-hybridized carbons (Fsp3) is 0.143. The summed E-state index contributed by atoms with van der Waals surface area (Å²) in [5.41, 5.74) is 8.86. The first kappa shape index (κ1) is 11.9. The molecule has 0 aliphatic heterocycles. The van der Waals surface area contributed by atoms with Crippen molar-refractivity contribution < 1.29 is 4.74 Å². The number of aromatic nitrogens is 1. The lowest BCUT2D eigenvalue weighted by Crippen LogP contribution is -1.99. The summed E-state index contributed by atoms with van der Waals surface area (Å²) in [5, 5.41) is 8.74. The molecule has 0 aliphatic rings. The molecule has 1 aromatic carbocycles. The van der Waals surface area contributed by atoms with Crippen LogP contribution in [-0.4, -0.2) is 4.98 Å². The molecule has 0 aliphatic carbocycles. The summed E-state index contributed by atoms with van der Waals surface area (Å²) in [6.07, 6.45) is 3.55. The number of benzene rings is 1. The Balaban J connectivity index is 2.09. The smallest absolute Gasteiger partial charge is 0.142 e. The van der Waals surface area contributed by atoms with Crippen molar-refractivity contribution in [1.29, 1.82) is 5.26 Å². The van der Waals surface area contributed by atoms with Gasteiger partial charge in [-0.15, -0.1) is 0 Å². The van der Waals surface area contributed by atoms with Gasteiger partial charge in [-0.25, -0.2) is 0 Å². The van der Waals surface area contributed by atoms with Crippen LogP contribution in [0.25, 0.3) is 0 Å². The summed E-state index contributed by atoms with van der Waals surface area (Å²) in [5.74, 6) is 0.579. The number of aryl methyl sites for hydroxylation is 1.